The van der Waals surface area contributed by atoms with Crippen molar-refractivity contribution in [1.29, 1.82) is 0 Å². The third kappa shape index (κ3) is 6.21. The van der Waals surface area contributed by atoms with Crippen LogP contribution in [0.5, 0.6) is 0 Å². The summed E-state index contributed by atoms with van der Waals surface area (Å²) in [5.74, 6) is 0. The molecule has 1 aromatic heterocycles. The van der Waals surface area contributed by atoms with Gasteiger partial charge in [0.2, 0.25) is 0 Å². The summed E-state index contributed by atoms with van der Waals surface area (Å²) in [5.41, 5.74) is -3.56. The summed E-state index contributed by atoms with van der Waals surface area (Å²) in [7, 11) is -16.8. The van der Waals surface area contributed by atoms with Crippen molar-refractivity contribution in [2.45, 2.75) is 30.0 Å². The number of nitrogens with zero attached hydrogens (tertiary/aromatic N) is 1. The summed E-state index contributed by atoms with van der Waals surface area (Å²) in [6.07, 6.45) is -0.923. The largest absolute Gasteiger partial charge is 0.490 e. The van der Waals surface area contributed by atoms with Gasteiger partial charge in [-0.15, -0.1) is 0 Å². The summed E-state index contributed by atoms with van der Waals surface area (Å²) >= 11 is 6.35. The van der Waals surface area contributed by atoms with E-state index >= 15 is 0 Å². The zero-order valence-electron chi connectivity index (χ0n) is 15.4. The molecule has 2 heterocycles. The fourth-order valence-electron chi connectivity index (χ4n) is 2.73. The van der Waals surface area contributed by atoms with Gasteiger partial charge in [-0.05, 0) is 6.42 Å². The van der Waals surface area contributed by atoms with Crippen molar-refractivity contribution >= 4 is 35.1 Å². The topological polar surface area (TPSA) is 244 Å². The molecule has 31 heavy (non-hydrogen) atoms. The zero-order valence-corrected chi connectivity index (χ0v) is 18.9. The van der Waals surface area contributed by atoms with Crippen LogP contribution in [0.2, 0.25) is 0 Å². The van der Waals surface area contributed by atoms with E-state index in [0.29, 0.717) is 0 Å². The maximum atomic E-state index is 12.0. The second-order valence-electron chi connectivity index (χ2n) is 6.27. The number of H-pyrrole nitrogens is 1. The van der Waals surface area contributed by atoms with Crippen LogP contribution in [0.3, 0.4) is 0 Å². The number of nitrogens with one attached hydrogen (secondary N) is 1. The van der Waals surface area contributed by atoms with E-state index in [4.69, 9.17) is 26.1 Å². The molecule has 0 radical (unpaired) electrons. The maximum absolute atomic E-state index is 12.0. The van der Waals surface area contributed by atoms with E-state index in [2.05, 4.69) is 13.1 Å². The Bertz CT molecular complexity index is 1080. The van der Waals surface area contributed by atoms with E-state index in [0.717, 1.165) is 16.8 Å². The van der Waals surface area contributed by atoms with Crippen LogP contribution >= 0.6 is 35.1 Å². The molecule has 5 atom stereocenters. The lowest BCUT2D eigenvalue weighted by atomic mass is 9.92. The van der Waals surface area contributed by atoms with Gasteiger partial charge in [-0.2, -0.15) is 8.62 Å². The summed E-state index contributed by atoms with van der Waals surface area (Å²) in [5, 5.41) is 10.8. The lowest BCUT2D eigenvalue weighted by Crippen LogP contribution is -2.53. The predicted molar refractivity (Wildman–Crippen MR) is 99.9 cm³/mol. The van der Waals surface area contributed by atoms with E-state index in [-0.39, 0.29) is 6.42 Å². The Morgan fingerprint density at radius 2 is 1.84 bits per heavy atom. The molecule has 2 unspecified atom stereocenters. The van der Waals surface area contributed by atoms with Crippen LogP contribution in [0.4, 0.5) is 0 Å². The van der Waals surface area contributed by atoms with Crippen LogP contribution < -0.4 is 11.2 Å². The standard InChI is InChI=1S/C11H18ClN2O14P3/c1-2-10(5-26-30(21,22)28-31(23,24)27-29(18,19)20)8(16)11(12,6-25-10)14-4-3-7(15)13-9(14)17/h3-4,8,16H,2,5-6H2,1H3,(H,21,22)(H,23,24)(H,13,15,17)(H2,18,19,20)/t8-,10-,11-/m1/s1. The number of hydrogen-bond donors (Lipinski definition) is 6. The smallest absolute Gasteiger partial charge is 0.386 e. The van der Waals surface area contributed by atoms with Gasteiger partial charge < -0.3 is 29.4 Å². The summed E-state index contributed by atoms with van der Waals surface area (Å²) in [6.45, 7) is -0.0714. The van der Waals surface area contributed by atoms with Gasteiger partial charge in [-0.25, -0.2) is 18.5 Å². The quantitative estimate of drug-likeness (QED) is 0.171. The second-order valence-corrected chi connectivity index (χ2v) is 11.3. The number of ether oxygens (including phenoxy) is 1. The number of alkyl halides is 1. The SMILES string of the molecule is CC[C@]1(COP(=O)(O)OP(=O)(O)OP(=O)(O)O)OC[C@@](Cl)(n2ccc(=O)[nH]c2=O)[C@@H]1O. The van der Waals surface area contributed by atoms with Crippen molar-refractivity contribution in [3.05, 3.63) is 33.1 Å². The molecule has 2 rings (SSSR count). The number of aliphatic hydroxyl groups excluding tert-OH is 1. The predicted octanol–water partition coefficient (Wildman–Crippen LogP) is -0.689. The minimum Gasteiger partial charge on any atom is -0.386 e. The Labute approximate surface area is 177 Å². The first-order valence-electron chi connectivity index (χ1n) is 8.07. The Morgan fingerprint density at radius 3 is 2.35 bits per heavy atom. The molecule has 0 aliphatic carbocycles. The number of aliphatic hydroxyl groups is 1. The monoisotopic (exact) mass is 530 g/mol. The van der Waals surface area contributed by atoms with Crippen molar-refractivity contribution in [3.63, 3.8) is 0 Å². The number of halogens is 1. The highest BCUT2D eigenvalue weighted by Gasteiger charge is 2.59. The lowest BCUT2D eigenvalue weighted by molar-refractivity contribution is -0.0924. The highest BCUT2D eigenvalue weighted by molar-refractivity contribution is 7.66. The molecule has 16 nitrogen and oxygen atoms in total. The second kappa shape index (κ2) is 8.92. The van der Waals surface area contributed by atoms with E-state index in [1.165, 1.54) is 6.92 Å². The first kappa shape index (κ1) is 26.6. The van der Waals surface area contributed by atoms with Crippen molar-refractivity contribution in [2.75, 3.05) is 13.2 Å². The highest BCUT2D eigenvalue weighted by atomic mass is 35.5. The molecule has 0 saturated carbocycles. The van der Waals surface area contributed by atoms with Crippen LogP contribution in [0.25, 0.3) is 0 Å². The molecule has 1 aliphatic heterocycles. The Hall–Kier alpha value is -0.700. The van der Waals surface area contributed by atoms with Crippen LogP contribution in [0, 0.1) is 0 Å². The van der Waals surface area contributed by atoms with Gasteiger partial charge in [0.05, 0.1) is 13.2 Å². The molecule has 0 spiro atoms. The molecule has 0 bridgehead atoms. The summed E-state index contributed by atoms with van der Waals surface area (Å²) < 4.78 is 51.9. The fourth-order valence-corrected chi connectivity index (χ4v) is 6.19. The van der Waals surface area contributed by atoms with Crippen molar-refractivity contribution in [3.8, 4) is 0 Å². The maximum Gasteiger partial charge on any atom is 0.490 e. The molecule has 20 heteroatoms. The number of rotatable bonds is 9. The van der Waals surface area contributed by atoms with E-state index in [1.54, 1.807) is 0 Å². The Kier molecular flexibility index (Phi) is 7.64. The summed E-state index contributed by atoms with van der Waals surface area (Å²) in [4.78, 5) is 59.1. The van der Waals surface area contributed by atoms with Crippen LogP contribution in [0.1, 0.15) is 13.3 Å². The van der Waals surface area contributed by atoms with Gasteiger partial charge in [0.25, 0.3) is 5.56 Å². The van der Waals surface area contributed by atoms with E-state index in [9.17, 15) is 38.2 Å². The number of aromatic nitrogens is 2. The van der Waals surface area contributed by atoms with Crippen LogP contribution in [0.15, 0.2) is 21.9 Å². The number of hydrogen-bond acceptors (Lipinski definition) is 10. The molecule has 1 saturated heterocycles. The molecule has 1 fully saturated rings. The van der Waals surface area contributed by atoms with Gasteiger partial charge in [0, 0.05) is 12.3 Å². The molecule has 178 valence electrons. The minimum atomic E-state index is -5.74. The average molecular weight is 531 g/mol. The molecule has 0 aromatic carbocycles. The molecule has 1 aliphatic rings. The summed E-state index contributed by atoms with van der Waals surface area (Å²) in [6, 6.07) is 0.955. The highest BCUT2D eigenvalue weighted by Crippen LogP contribution is 2.66. The zero-order chi connectivity index (χ0) is 23.9. The molecule has 1 aromatic rings. The first-order chi connectivity index (χ1) is 14.0. The van der Waals surface area contributed by atoms with E-state index in [1.807, 2.05) is 4.98 Å². The lowest BCUT2D eigenvalue weighted by Gasteiger charge is -2.34. The average Bonchev–Trinajstić information content (AvgIpc) is 2.83. The Balaban J connectivity index is 2.22. The molecule has 6 N–H and O–H groups in total. The van der Waals surface area contributed by atoms with Crippen molar-refractivity contribution in [2.24, 2.45) is 0 Å². The number of phosphoric ester groups is 1. The third-order valence-corrected chi connectivity index (χ3v) is 8.47. The van der Waals surface area contributed by atoms with Crippen molar-refractivity contribution < 1.29 is 56.3 Å². The van der Waals surface area contributed by atoms with Gasteiger partial charge in [-0.1, -0.05) is 18.5 Å². The molecular weight excluding hydrogens is 512 g/mol. The normalized spacial score (nSPS) is 30.6. The number of phosphoric acid groups is 3. The first-order valence-corrected chi connectivity index (χ1v) is 13.0. The molecular formula is C11H18ClN2O14P3. The van der Waals surface area contributed by atoms with Gasteiger partial charge in [0.15, 0.2) is 5.00 Å². The Morgan fingerprint density at radius 1 is 1.23 bits per heavy atom. The van der Waals surface area contributed by atoms with Crippen LogP contribution in [-0.4, -0.2) is 59.2 Å². The van der Waals surface area contributed by atoms with Gasteiger partial charge >= 0.3 is 29.2 Å². The van der Waals surface area contributed by atoms with Gasteiger partial charge in [0.1, 0.15) is 11.7 Å². The number of aromatic amines is 1. The van der Waals surface area contributed by atoms with Gasteiger partial charge in [-0.3, -0.25) is 18.9 Å². The van der Waals surface area contributed by atoms with Crippen molar-refractivity contribution in [1.82, 2.24) is 9.55 Å². The third-order valence-electron chi connectivity index (χ3n) is 4.19. The fraction of sp³-hybridized carbons (Fsp3) is 0.636. The minimum absolute atomic E-state index is 0.128. The molecule has 0 amide bonds. The van der Waals surface area contributed by atoms with Crippen LogP contribution in [-0.2, 0) is 36.6 Å². The van der Waals surface area contributed by atoms with E-state index < -0.39 is 64.6 Å².